The van der Waals surface area contributed by atoms with Gasteiger partial charge in [-0.25, -0.2) is 8.78 Å². The fraction of sp³-hybridized carbons (Fsp3) is 0.500. The predicted octanol–water partition coefficient (Wildman–Crippen LogP) is 3.73. The van der Waals surface area contributed by atoms with E-state index in [1.807, 2.05) is 6.92 Å². The zero-order valence-corrected chi connectivity index (χ0v) is 10.5. The van der Waals surface area contributed by atoms with Crippen LogP contribution < -0.4 is 0 Å². The minimum Gasteiger partial charge on any atom is -0.388 e. The van der Waals surface area contributed by atoms with Gasteiger partial charge in [0.25, 0.3) is 0 Å². The van der Waals surface area contributed by atoms with Crippen LogP contribution in [0.5, 0.6) is 0 Å². The van der Waals surface area contributed by atoms with Gasteiger partial charge in [-0.1, -0.05) is 6.92 Å². The lowest BCUT2D eigenvalue weighted by molar-refractivity contribution is 0.145. The van der Waals surface area contributed by atoms with E-state index < -0.39 is 17.7 Å². The van der Waals surface area contributed by atoms with E-state index in [9.17, 15) is 13.9 Å². The summed E-state index contributed by atoms with van der Waals surface area (Å²) in [5.41, 5.74) is 0.466. The van der Waals surface area contributed by atoms with Crippen molar-refractivity contribution in [2.75, 3.05) is 0 Å². The van der Waals surface area contributed by atoms with E-state index in [0.717, 1.165) is 12.5 Å². The summed E-state index contributed by atoms with van der Waals surface area (Å²) in [4.78, 5) is 0. The third kappa shape index (κ3) is 2.00. The van der Waals surface area contributed by atoms with Crippen LogP contribution in [0.25, 0.3) is 0 Å². The van der Waals surface area contributed by atoms with Crippen molar-refractivity contribution in [2.45, 2.75) is 32.3 Å². The molecule has 2 atom stereocenters. The highest BCUT2D eigenvalue weighted by Crippen LogP contribution is 2.37. The molecule has 0 fully saturated rings. The van der Waals surface area contributed by atoms with Crippen LogP contribution in [0.2, 0.25) is 0 Å². The van der Waals surface area contributed by atoms with E-state index in [4.69, 9.17) is 0 Å². The molecule has 0 heterocycles. The number of halogens is 3. The summed E-state index contributed by atoms with van der Waals surface area (Å²) in [7, 11) is 0. The van der Waals surface area contributed by atoms with Crippen molar-refractivity contribution in [2.24, 2.45) is 5.92 Å². The molecule has 16 heavy (non-hydrogen) atoms. The topological polar surface area (TPSA) is 20.2 Å². The molecule has 1 aliphatic carbocycles. The number of fused-ring (bicyclic) bond motifs is 1. The molecule has 1 aliphatic rings. The van der Waals surface area contributed by atoms with Crippen molar-refractivity contribution in [3.63, 3.8) is 0 Å². The minimum absolute atomic E-state index is 0.0809. The summed E-state index contributed by atoms with van der Waals surface area (Å²) in [5.74, 6) is -0.686. The monoisotopic (exact) mass is 290 g/mol. The van der Waals surface area contributed by atoms with Crippen molar-refractivity contribution in [1.82, 2.24) is 0 Å². The molecule has 1 nitrogen and oxygen atoms in total. The van der Waals surface area contributed by atoms with Crippen molar-refractivity contribution < 1.29 is 13.9 Å². The molecule has 1 N–H and O–H groups in total. The van der Waals surface area contributed by atoms with Gasteiger partial charge in [-0.2, -0.15) is 0 Å². The first-order chi connectivity index (χ1) is 7.50. The second kappa shape index (κ2) is 4.41. The maximum absolute atomic E-state index is 13.8. The third-order valence-electron chi connectivity index (χ3n) is 3.16. The van der Waals surface area contributed by atoms with Gasteiger partial charge in [-0.05, 0) is 52.7 Å². The quantitative estimate of drug-likeness (QED) is 0.570. The van der Waals surface area contributed by atoms with Crippen LogP contribution in [0, 0.1) is 17.6 Å². The van der Waals surface area contributed by atoms with E-state index in [0.29, 0.717) is 18.4 Å². The Labute approximate surface area is 102 Å². The molecule has 1 aromatic rings. The van der Waals surface area contributed by atoms with Crippen LogP contribution in [0.4, 0.5) is 8.78 Å². The molecular formula is C12H13BrF2O. The molecule has 4 heteroatoms. The molecule has 0 spiro atoms. The lowest BCUT2D eigenvalue weighted by Crippen LogP contribution is -2.06. The summed E-state index contributed by atoms with van der Waals surface area (Å²) in [5, 5.41) is 9.91. The Morgan fingerprint density at radius 3 is 2.81 bits per heavy atom. The largest absolute Gasteiger partial charge is 0.388 e. The molecule has 0 radical (unpaired) electrons. The molecule has 88 valence electrons. The van der Waals surface area contributed by atoms with Crippen molar-refractivity contribution in [3.05, 3.63) is 33.3 Å². The second-order valence-electron chi connectivity index (χ2n) is 4.44. The predicted molar refractivity (Wildman–Crippen MR) is 61.1 cm³/mol. The van der Waals surface area contributed by atoms with Gasteiger partial charge in [0.2, 0.25) is 0 Å². The average molecular weight is 291 g/mol. The maximum Gasteiger partial charge on any atom is 0.143 e. The Morgan fingerprint density at radius 1 is 1.44 bits per heavy atom. The molecule has 2 rings (SSSR count). The van der Waals surface area contributed by atoms with E-state index in [-0.39, 0.29) is 16.0 Å². The number of hydrogen-bond acceptors (Lipinski definition) is 1. The van der Waals surface area contributed by atoms with Crippen molar-refractivity contribution >= 4 is 15.9 Å². The number of hydrogen-bond donors (Lipinski definition) is 1. The standard InChI is InChI=1S/C12H13BrF2O/c1-6-2-3-7-9(14)5-8(13)12(15)11(7)10(16)4-6/h5-6,10,16H,2-4H2,1H3. The van der Waals surface area contributed by atoms with Crippen LogP contribution in [0.3, 0.4) is 0 Å². The highest BCUT2D eigenvalue weighted by Gasteiger charge is 2.27. The van der Waals surface area contributed by atoms with Gasteiger partial charge in [0, 0.05) is 5.56 Å². The smallest absolute Gasteiger partial charge is 0.143 e. The molecule has 0 aliphatic heterocycles. The van der Waals surface area contributed by atoms with Gasteiger partial charge in [0.05, 0.1) is 10.6 Å². The van der Waals surface area contributed by atoms with E-state index in [1.54, 1.807) is 0 Å². The highest BCUT2D eigenvalue weighted by atomic mass is 79.9. The Morgan fingerprint density at radius 2 is 2.12 bits per heavy atom. The lowest BCUT2D eigenvalue weighted by Gasteiger charge is -2.15. The number of benzene rings is 1. The lowest BCUT2D eigenvalue weighted by atomic mass is 9.99. The summed E-state index contributed by atoms with van der Waals surface area (Å²) in [6, 6.07) is 1.14. The molecule has 0 amide bonds. The van der Waals surface area contributed by atoms with Crippen LogP contribution in [-0.2, 0) is 6.42 Å². The van der Waals surface area contributed by atoms with E-state index in [2.05, 4.69) is 15.9 Å². The summed E-state index contributed by atoms with van der Waals surface area (Å²) in [6.45, 7) is 1.99. The van der Waals surface area contributed by atoms with Crippen molar-refractivity contribution in [1.29, 1.82) is 0 Å². The Hall–Kier alpha value is -0.480. The van der Waals surface area contributed by atoms with Crippen molar-refractivity contribution in [3.8, 4) is 0 Å². The Kier molecular flexibility index (Phi) is 3.31. The first kappa shape index (κ1) is 12.0. The van der Waals surface area contributed by atoms with Crippen LogP contribution in [0.15, 0.2) is 10.5 Å². The second-order valence-corrected chi connectivity index (χ2v) is 5.30. The Bertz CT molecular complexity index is 420. The number of aliphatic hydroxyl groups is 1. The summed E-state index contributed by atoms with van der Waals surface area (Å²) >= 11 is 2.97. The molecule has 1 aromatic carbocycles. The molecular weight excluding hydrogens is 278 g/mol. The maximum atomic E-state index is 13.8. The zero-order chi connectivity index (χ0) is 11.9. The Balaban J connectivity index is 2.59. The zero-order valence-electron chi connectivity index (χ0n) is 8.93. The van der Waals surface area contributed by atoms with Gasteiger partial charge < -0.3 is 5.11 Å². The summed E-state index contributed by atoms with van der Waals surface area (Å²) in [6.07, 6.45) is 0.852. The third-order valence-corrected chi connectivity index (χ3v) is 3.74. The average Bonchev–Trinajstić information content (AvgIpc) is 2.34. The van der Waals surface area contributed by atoms with Gasteiger partial charge in [-0.15, -0.1) is 0 Å². The fourth-order valence-electron chi connectivity index (χ4n) is 2.26. The normalized spacial score (nSPS) is 25.1. The fourth-order valence-corrected chi connectivity index (χ4v) is 2.68. The minimum atomic E-state index is -0.903. The number of rotatable bonds is 0. The molecule has 0 saturated carbocycles. The first-order valence-corrected chi connectivity index (χ1v) is 6.14. The number of aliphatic hydroxyl groups excluding tert-OH is 1. The molecule has 0 saturated heterocycles. The van der Waals surface area contributed by atoms with Gasteiger partial charge >= 0.3 is 0 Å². The van der Waals surface area contributed by atoms with E-state index >= 15 is 0 Å². The SMILES string of the molecule is CC1CCc2c(F)cc(Br)c(F)c2C(O)C1. The first-order valence-electron chi connectivity index (χ1n) is 5.35. The van der Waals surface area contributed by atoms with Gasteiger partial charge in [0.15, 0.2) is 0 Å². The van der Waals surface area contributed by atoms with Crippen LogP contribution in [-0.4, -0.2) is 5.11 Å². The molecule has 0 bridgehead atoms. The molecule has 2 unspecified atom stereocenters. The van der Waals surface area contributed by atoms with Gasteiger partial charge in [0.1, 0.15) is 11.6 Å². The van der Waals surface area contributed by atoms with Crippen LogP contribution in [0.1, 0.15) is 37.0 Å². The summed E-state index contributed by atoms with van der Waals surface area (Å²) < 4.78 is 27.6. The molecule has 0 aromatic heterocycles. The van der Waals surface area contributed by atoms with E-state index in [1.165, 1.54) is 0 Å². The van der Waals surface area contributed by atoms with Crippen LogP contribution >= 0.6 is 15.9 Å². The van der Waals surface area contributed by atoms with Gasteiger partial charge in [-0.3, -0.25) is 0 Å². The highest BCUT2D eigenvalue weighted by molar-refractivity contribution is 9.10.